The highest BCUT2D eigenvalue weighted by atomic mass is 79.9. The van der Waals surface area contributed by atoms with Crippen LogP contribution in [0.15, 0.2) is 63.6 Å². The molecular weight excluding hydrogens is 390 g/mol. The van der Waals surface area contributed by atoms with E-state index in [1.165, 1.54) is 16.8 Å². The third-order valence-electron chi connectivity index (χ3n) is 4.55. The largest absolute Gasteiger partial charge is 0.378 e. The Bertz CT molecular complexity index is 706. The number of anilines is 1. The van der Waals surface area contributed by atoms with Crippen LogP contribution in [0.5, 0.6) is 0 Å². The van der Waals surface area contributed by atoms with Crippen molar-refractivity contribution in [2.24, 2.45) is 5.92 Å². The number of halogens is 2. The molecule has 3 atom stereocenters. The van der Waals surface area contributed by atoms with E-state index in [9.17, 15) is 0 Å². The summed E-state index contributed by atoms with van der Waals surface area (Å²) in [6, 6.07) is 15.6. The molecule has 0 amide bonds. The van der Waals surface area contributed by atoms with Crippen molar-refractivity contribution in [2.75, 3.05) is 5.32 Å². The van der Waals surface area contributed by atoms with Gasteiger partial charge in [-0.3, -0.25) is 0 Å². The second kappa shape index (κ2) is 5.29. The Labute approximate surface area is 141 Å². The fraction of sp³-hybridized carbons (Fsp3) is 0.222. The number of allylic oxidation sites excluding steroid dienone is 2. The lowest BCUT2D eigenvalue weighted by Crippen LogP contribution is -2.29. The van der Waals surface area contributed by atoms with Gasteiger partial charge in [0.2, 0.25) is 0 Å². The molecule has 0 spiro atoms. The van der Waals surface area contributed by atoms with Crippen molar-refractivity contribution >= 4 is 37.5 Å². The lowest BCUT2D eigenvalue weighted by atomic mass is 9.77. The minimum absolute atomic E-state index is 0.381. The number of benzene rings is 2. The Morgan fingerprint density at radius 1 is 0.952 bits per heavy atom. The fourth-order valence-electron chi connectivity index (χ4n) is 3.57. The average molecular weight is 405 g/mol. The Morgan fingerprint density at radius 3 is 2.52 bits per heavy atom. The van der Waals surface area contributed by atoms with E-state index in [1.807, 2.05) is 0 Å². The van der Waals surface area contributed by atoms with Crippen LogP contribution in [0.25, 0.3) is 0 Å². The van der Waals surface area contributed by atoms with Gasteiger partial charge in [-0.05, 0) is 53.8 Å². The maximum absolute atomic E-state index is 3.76. The van der Waals surface area contributed by atoms with Crippen molar-refractivity contribution in [3.63, 3.8) is 0 Å². The molecule has 0 unspecified atom stereocenters. The Balaban J connectivity index is 1.78. The van der Waals surface area contributed by atoms with Crippen LogP contribution >= 0.6 is 31.9 Å². The zero-order valence-electron chi connectivity index (χ0n) is 11.4. The summed E-state index contributed by atoms with van der Waals surface area (Å²) in [5.74, 6) is 1.13. The predicted octanol–water partition coefficient (Wildman–Crippen LogP) is 6.04. The minimum atomic E-state index is 0.381. The molecule has 1 heterocycles. The van der Waals surface area contributed by atoms with Crippen LogP contribution in [-0.4, -0.2) is 0 Å². The lowest BCUT2D eigenvalue weighted by Gasteiger charge is -2.37. The molecule has 2 aromatic rings. The van der Waals surface area contributed by atoms with Crippen molar-refractivity contribution < 1.29 is 0 Å². The molecule has 1 aliphatic heterocycles. The molecule has 0 aromatic heterocycles. The van der Waals surface area contributed by atoms with E-state index < -0.39 is 0 Å². The molecule has 0 saturated carbocycles. The number of nitrogens with one attached hydrogen (secondary N) is 1. The molecule has 4 rings (SSSR count). The van der Waals surface area contributed by atoms with Crippen LogP contribution in [0.4, 0.5) is 5.69 Å². The third kappa shape index (κ3) is 2.36. The van der Waals surface area contributed by atoms with E-state index in [1.54, 1.807) is 0 Å². The zero-order chi connectivity index (χ0) is 14.4. The van der Waals surface area contributed by atoms with E-state index in [0.717, 1.165) is 15.4 Å². The summed E-state index contributed by atoms with van der Waals surface area (Å²) >= 11 is 7.12. The smallest absolute Gasteiger partial charge is 0.0553 e. The zero-order valence-corrected chi connectivity index (χ0v) is 14.6. The maximum atomic E-state index is 3.76. The highest BCUT2D eigenvalue weighted by molar-refractivity contribution is 9.10. The molecule has 0 saturated heterocycles. The molecular formula is C18H15Br2N. The average Bonchev–Trinajstić information content (AvgIpc) is 2.97. The van der Waals surface area contributed by atoms with Crippen LogP contribution < -0.4 is 5.32 Å². The molecule has 0 fully saturated rings. The topological polar surface area (TPSA) is 12.0 Å². The minimum Gasteiger partial charge on any atom is -0.378 e. The van der Waals surface area contributed by atoms with E-state index >= 15 is 0 Å². The molecule has 106 valence electrons. The quantitative estimate of drug-likeness (QED) is 0.571. The monoisotopic (exact) mass is 403 g/mol. The van der Waals surface area contributed by atoms with Gasteiger partial charge in [0.05, 0.1) is 6.04 Å². The van der Waals surface area contributed by atoms with E-state index in [2.05, 4.69) is 91.8 Å². The van der Waals surface area contributed by atoms with Crippen LogP contribution in [0, 0.1) is 5.92 Å². The first kappa shape index (κ1) is 13.6. The lowest BCUT2D eigenvalue weighted by molar-refractivity contribution is 0.425. The van der Waals surface area contributed by atoms with E-state index in [-0.39, 0.29) is 0 Å². The molecule has 1 aliphatic carbocycles. The molecule has 1 nitrogen and oxygen atoms in total. The predicted molar refractivity (Wildman–Crippen MR) is 94.6 cm³/mol. The molecule has 21 heavy (non-hydrogen) atoms. The first-order valence-corrected chi connectivity index (χ1v) is 8.79. The van der Waals surface area contributed by atoms with Crippen molar-refractivity contribution in [2.45, 2.75) is 18.4 Å². The van der Waals surface area contributed by atoms with Gasteiger partial charge in [0.15, 0.2) is 0 Å². The van der Waals surface area contributed by atoms with Crippen LogP contribution in [0.2, 0.25) is 0 Å². The van der Waals surface area contributed by atoms with Gasteiger partial charge in [-0.2, -0.15) is 0 Å². The summed E-state index contributed by atoms with van der Waals surface area (Å²) in [5, 5.41) is 3.76. The molecule has 2 aliphatic rings. The molecule has 0 bridgehead atoms. The second-order valence-electron chi connectivity index (χ2n) is 5.76. The van der Waals surface area contributed by atoms with Gasteiger partial charge in [0.1, 0.15) is 0 Å². The highest BCUT2D eigenvalue weighted by Gasteiger charge is 2.37. The van der Waals surface area contributed by atoms with Gasteiger partial charge in [0, 0.05) is 20.6 Å². The van der Waals surface area contributed by atoms with Crippen LogP contribution in [-0.2, 0) is 0 Å². The van der Waals surface area contributed by atoms with Crippen LogP contribution in [0.3, 0.4) is 0 Å². The Morgan fingerprint density at radius 2 is 1.71 bits per heavy atom. The number of rotatable bonds is 1. The first-order valence-electron chi connectivity index (χ1n) is 7.20. The molecule has 1 N–H and O–H groups in total. The molecule has 3 heteroatoms. The van der Waals surface area contributed by atoms with Gasteiger partial charge >= 0.3 is 0 Å². The van der Waals surface area contributed by atoms with Gasteiger partial charge in [-0.1, -0.05) is 56.1 Å². The van der Waals surface area contributed by atoms with E-state index in [0.29, 0.717) is 17.9 Å². The third-order valence-corrected chi connectivity index (χ3v) is 5.58. The SMILES string of the molecule is Brc1ccc([C@H]2Nc3ccc(Br)cc3[C@H]3C=CC[C@H]32)cc1. The van der Waals surface area contributed by atoms with Gasteiger partial charge in [-0.25, -0.2) is 0 Å². The van der Waals surface area contributed by atoms with Gasteiger partial charge < -0.3 is 5.32 Å². The van der Waals surface area contributed by atoms with Gasteiger partial charge in [0.25, 0.3) is 0 Å². The summed E-state index contributed by atoms with van der Waals surface area (Å²) in [5.41, 5.74) is 4.04. The normalized spacial score (nSPS) is 26.1. The number of fused-ring (bicyclic) bond motifs is 3. The Kier molecular flexibility index (Phi) is 3.43. The van der Waals surface area contributed by atoms with Crippen LogP contribution in [0.1, 0.15) is 29.5 Å². The molecule has 2 aromatic carbocycles. The Hall–Kier alpha value is -1.06. The summed E-state index contributed by atoms with van der Waals surface area (Å²) in [6.07, 6.45) is 5.85. The maximum Gasteiger partial charge on any atom is 0.0553 e. The fourth-order valence-corrected chi connectivity index (χ4v) is 4.21. The summed E-state index contributed by atoms with van der Waals surface area (Å²) in [7, 11) is 0. The van der Waals surface area contributed by atoms with Crippen molar-refractivity contribution in [1.82, 2.24) is 0 Å². The van der Waals surface area contributed by atoms with Gasteiger partial charge in [-0.15, -0.1) is 0 Å². The highest BCUT2D eigenvalue weighted by Crippen LogP contribution is 2.50. The van der Waals surface area contributed by atoms with E-state index in [4.69, 9.17) is 0 Å². The second-order valence-corrected chi connectivity index (χ2v) is 7.59. The number of hydrogen-bond acceptors (Lipinski definition) is 1. The van der Waals surface area contributed by atoms with Crippen molar-refractivity contribution in [3.8, 4) is 0 Å². The number of hydrogen-bond donors (Lipinski definition) is 1. The van der Waals surface area contributed by atoms with Crippen molar-refractivity contribution in [1.29, 1.82) is 0 Å². The standard InChI is InChI=1S/C18H15Br2N/c19-12-6-4-11(5-7-12)18-15-3-1-2-14(15)16-10-13(20)8-9-17(16)21-18/h1-2,4-10,14-15,18,21H,3H2/t14-,15+,18+/m0/s1. The summed E-state index contributed by atoms with van der Waals surface area (Å²) in [6.45, 7) is 0. The van der Waals surface area contributed by atoms with Crippen molar-refractivity contribution in [3.05, 3.63) is 74.7 Å². The summed E-state index contributed by atoms with van der Waals surface area (Å²) in [4.78, 5) is 0. The summed E-state index contributed by atoms with van der Waals surface area (Å²) < 4.78 is 2.29. The first-order chi connectivity index (χ1) is 10.2. The molecule has 0 radical (unpaired) electrons.